The van der Waals surface area contributed by atoms with Crippen molar-refractivity contribution in [1.82, 2.24) is 0 Å². The summed E-state index contributed by atoms with van der Waals surface area (Å²) in [5.74, 6) is 1.44. The Morgan fingerprint density at radius 1 is 1.32 bits per heavy atom. The van der Waals surface area contributed by atoms with E-state index in [0.29, 0.717) is 5.75 Å². The molecule has 22 heavy (non-hydrogen) atoms. The summed E-state index contributed by atoms with van der Waals surface area (Å²) < 4.78 is 11.4. The smallest absolute Gasteiger partial charge is 0.127 e. The van der Waals surface area contributed by atoms with Crippen LogP contribution in [0, 0.1) is 5.41 Å². The Labute approximate surface area is 133 Å². The van der Waals surface area contributed by atoms with Crippen molar-refractivity contribution in [2.45, 2.75) is 58.1 Å². The van der Waals surface area contributed by atoms with E-state index in [1.807, 2.05) is 18.2 Å². The molecule has 3 N–H and O–H groups in total. The van der Waals surface area contributed by atoms with Gasteiger partial charge in [-0.05, 0) is 38.8 Å². The largest absolute Gasteiger partial charge is 0.496 e. The third-order valence-corrected chi connectivity index (χ3v) is 4.70. The standard InChI is InChI=1S/C18H29NO3/c1-17(2,20)16(19)14-8-7-13(11-15(14)21-4)22-12-18(3)9-5-6-10-18/h7-8,11,16,20H,5-6,9-10,12,19H2,1-4H3. The molecule has 1 aliphatic rings. The molecule has 0 amide bonds. The highest BCUT2D eigenvalue weighted by molar-refractivity contribution is 5.43. The minimum Gasteiger partial charge on any atom is -0.496 e. The second-order valence-electron chi connectivity index (χ2n) is 7.34. The number of hydrogen-bond donors (Lipinski definition) is 2. The lowest BCUT2D eigenvalue weighted by atomic mass is 9.90. The molecule has 1 unspecified atom stereocenters. The van der Waals surface area contributed by atoms with Crippen LogP contribution >= 0.6 is 0 Å². The molecule has 0 heterocycles. The molecule has 0 aliphatic heterocycles. The van der Waals surface area contributed by atoms with Gasteiger partial charge in [0.25, 0.3) is 0 Å². The molecular formula is C18H29NO3. The number of rotatable bonds is 6. The van der Waals surface area contributed by atoms with E-state index in [-0.39, 0.29) is 5.41 Å². The highest BCUT2D eigenvalue weighted by Gasteiger charge is 2.30. The average Bonchev–Trinajstić information content (AvgIpc) is 2.90. The van der Waals surface area contributed by atoms with E-state index in [1.54, 1.807) is 21.0 Å². The number of aliphatic hydroxyl groups is 1. The van der Waals surface area contributed by atoms with Crippen LogP contribution in [0.1, 0.15) is 58.1 Å². The number of ether oxygens (including phenoxy) is 2. The zero-order chi connectivity index (χ0) is 16.4. The first kappa shape index (κ1) is 17.1. The van der Waals surface area contributed by atoms with Gasteiger partial charge in [-0.25, -0.2) is 0 Å². The lowest BCUT2D eigenvalue weighted by Crippen LogP contribution is -2.35. The van der Waals surface area contributed by atoms with Crippen molar-refractivity contribution in [1.29, 1.82) is 0 Å². The Kier molecular flexibility index (Phi) is 5.03. The molecule has 0 radical (unpaired) electrons. The van der Waals surface area contributed by atoms with E-state index in [2.05, 4.69) is 6.92 Å². The molecule has 124 valence electrons. The second kappa shape index (κ2) is 6.47. The van der Waals surface area contributed by atoms with Crippen LogP contribution in [0.15, 0.2) is 18.2 Å². The molecule has 0 saturated heterocycles. The molecule has 1 aromatic rings. The molecule has 0 bridgehead atoms. The quantitative estimate of drug-likeness (QED) is 0.845. The van der Waals surface area contributed by atoms with E-state index < -0.39 is 11.6 Å². The van der Waals surface area contributed by atoms with Crippen LogP contribution in [0.4, 0.5) is 0 Å². The van der Waals surface area contributed by atoms with Crippen LogP contribution < -0.4 is 15.2 Å². The molecule has 2 rings (SSSR count). The lowest BCUT2D eigenvalue weighted by molar-refractivity contribution is 0.0508. The van der Waals surface area contributed by atoms with Crippen LogP contribution in [0.25, 0.3) is 0 Å². The van der Waals surface area contributed by atoms with E-state index >= 15 is 0 Å². The van der Waals surface area contributed by atoms with Crippen LogP contribution in [-0.4, -0.2) is 24.4 Å². The molecule has 1 aliphatic carbocycles. The Morgan fingerprint density at radius 2 is 1.95 bits per heavy atom. The summed E-state index contributed by atoms with van der Waals surface area (Å²) in [4.78, 5) is 0. The van der Waals surface area contributed by atoms with E-state index in [0.717, 1.165) is 17.9 Å². The van der Waals surface area contributed by atoms with Crippen molar-refractivity contribution in [2.24, 2.45) is 11.1 Å². The third-order valence-electron chi connectivity index (χ3n) is 4.70. The van der Waals surface area contributed by atoms with E-state index in [4.69, 9.17) is 15.2 Å². The Hall–Kier alpha value is -1.26. The third kappa shape index (κ3) is 3.93. The van der Waals surface area contributed by atoms with Gasteiger partial charge in [0.15, 0.2) is 0 Å². The van der Waals surface area contributed by atoms with Crippen LogP contribution in [-0.2, 0) is 0 Å². The van der Waals surface area contributed by atoms with Gasteiger partial charge in [0, 0.05) is 17.0 Å². The van der Waals surface area contributed by atoms with Crippen molar-refractivity contribution < 1.29 is 14.6 Å². The summed E-state index contributed by atoms with van der Waals surface area (Å²) in [6, 6.07) is 5.14. The monoisotopic (exact) mass is 307 g/mol. The molecule has 4 heteroatoms. The predicted molar refractivity (Wildman–Crippen MR) is 88.3 cm³/mol. The number of hydrogen-bond acceptors (Lipinski definition) is 4. The van der Waals surface area contributed by atoms with Gasteiger partial charge in [-0.2, -0.15) is 0 Å². The zero-order valence-corrected chi connectivity index (χ0v) is 14.2. The minimum atomic E-state index is -1.01. The van der Waals surface area contributed by atoms with Crippen molar-refractivity contribution in [3.05, 3.63) is 23.8 Å². The first-order valence-electron chi connectivity index (χ1n) is 8.04. The first-order chi connectivity index (χ1) is 10.2. The maximum atomic E-state index is 10.1. The normalized spacial score (nSPS) is 19.0. The van der Waals surface area contributed by atoms with Crippen LogP contribution in [0.5, 0.6) is 11.5 Å². The van der Waals surface area contributed by atoms with Crippen molar-refractivity contribution >= 4 is 0 Å². The fourth-order valence-corrected chi connectivity index (χ4v) is 3.05. The van der Waals surface area contributed by atoms with Crippen molar-refractivity contribution in [3.63, 3.8) is 0 Å². The van der Waals surface area contributed by atoms with Gasteiger partial charge in [0.1, 0.15) is 11.5 Å². The van der Waals surface area contributed by atoms with Crippen molar-refractivity contribution in [3.8, 4) is 11.5 Å². The number of nitrogens with two attached hydrogens (primary N) is 1. The highest BCUT2D eigenvalue weighted by atomic mass is 16.5. The number of benzene rings is 1. The fourth-order valence-electron chi connectivity index (χ4n) is 3.05. The summed E-state index contributed by atoms with van der Waals surface area (Å²) in [5, 5.41) is 10.1. The molecule has 4 nitrogen and oxygen atoms in total. The summed E-state index contributed by atoms with van der Waals surface area (Å²) in [6.45, 7) is 6.41. The Balaban J connectivity index is 2.11. The first-order valence-corrected chi connectivity index (χ1v) is 8.04. The average molecular weight is 307 g/mol. The van der Waals surface area contributed by atoms with Gasteiger partial charge in [-0.3, -0.25) is 0 Å². The minimum absolute atomic E-state index is 0.287. The topological polar surface area (TPSA) is 64.7 Å². The molecule has 1 atom stereocenters. The van der Waals surface area contributed by atoms with Gasteiger partial charge < -0.3 is 20.3 Å². The van der Waals surface area contributed by atoms with Crippen LogP contribution in [0.3, 0.4) is 0 Å². The van der Waals surface area contributed by atoms with E-state index in [9.17, 15) is 5.11 Å². The predicted octanol–water partition coefficient (Wildman–Crippen LogP) is 3.43. The molecule has 1 fully saturated rings. The summed E-state index contributed by atoms with van der Waals surface area (Å²) in [5.41, 5.74) is 6.19. The maximum absolute atomic E-state index is 10.1. The molecule has 1 saturated carbocycles. The summed E-state index contributed by atoms with van der Waals surface area (Å²) in [6.07, 6.45) is 5.04. The van der Waals surface area contributed by atoms with Gasteiger partial charge in [-0.1, -0.05) is 19.8 Å². The van der Waals surface area contributed by atoms with Crippen molar-refractivity contribution in [2.75, 3.05) is 13.7 Å². The molecule has 0 aromatic heterocycles. The lowest BCUT2D eigenvalue weighted by Gasteiger charge is -2.28. The zero-order valence-electron chi connectivity index (χ0n) is 14.2. The molecular weight excluding hydrogens is 278 g/mol. The fraction of sp³-hybridized carbons (Fsp3) is 0.667. The van der Waals surface area contributed by atoms with E-state index in [1.165, 1.54) is 25.7 Å². The Bertz CT molecular complexity index is 502. The second-order valence-corrected chi connectivity index (χ2v) is 7.34. The number of methoxy groups -OCH3 is 1. The SMILES string of the molecule is COc1cc(OCC2(C)CCCC2)ccc1C(N)C(C)(C)O. The van der Waals surface area contributed by atoms with Gasteiger partial charge in [-0.15, -0.1) is 0 Å². The summed E-state index contributed by atoms with van der Waals surface area (Å²) >= 11 is 0. The van der Waals surface area contributed by atoms with Crippen LogP contribution in [0.2, 0.25) is 0 Å². The highest BCUT2D eigenvalue weighted by Crippen LogP contribution is 2.39. The Morgan fingerprint density at radius 3 is 2.50 bits per heavy atom. The van der Waals surface area contributed by atoms with Gasteiger partial charge >= 0.3 is 0 Å². The maximum Gasteiger partial charge on any atom is 0.127 e. The van der Waals surface area contributed by atoms with Gasteiger partial charge in [0.05, 0.1) is 25.4 Å². The molecule has 0 spiro atoms. The molecule has 1 aromatic carbocycles. The summed E-state index contributed by atoms with van der Waals surface area (Å²) in [7, 11) is 1.61. The van der Waals surface area contributed by atoms with Gasteiger partial charge in [0.2, 0.25) is 0 Å².